The van der Waals surface area contributed by atoms with Crippen molar-refractivity contribution in [3.8, 4) is 0 Å². The number of rotatable bonds is 39. The van der Waals surface area contributed by atoms with Gasteiger partial charge in [-0.1, -0.05) is 143 Å². The van der Waals surface area contributed by atoms with E-state index in [9.17, 15) is 86.6 Å². The van der Waals surface area contributed by atoms with Crippen LogP contribution in [0, 0.1) is 0 Å². The Morgan fingerprint density at radius 2 is 0.826 bits per heavy atom. The molecule has 0 spiro atoms. The lowest BCUT2D eigenvalue weighted by molar-refractivity contribution is -0.162. The Balaban J connectivity index is 0.000000216. The number of urea groups is 1. The number of nitrogens with zero attached hydrogens (tertiary/aromatic N) is 15. The van der Waals surface area contributed by atoms with Crippen molar-refractivity contribution in [3.05, 3.63) is 183 Å². The van der Waals surface area contributed by atoms with E-state index in [1.54, 1.807) is 78.8 Å². The van der Waals surface area contributed by atoms with Crippen LogP contribution in [0.4, 0.5) is 4.79 Å². The van der Waals surface area contributed by atoms with E-state index in [0.717, 1.165) is 153 Å². The largest absolute Gasteiger partial charge is 0.396 e. The highest BCUT2D eigenvalue weighted by atomic mass is 127. The monoisotopic (exact) mass is 2150 g/mol. The summed E-state index contributed by atoms with van der Waals surface area (Å²) in [6, 6.07) is -0.636. The molecular formula is C82H112B6IN17O25S7. The Labute approximate surface area is 843 Å². The van der Waals surface area contributed by atoms with Crippen molar-refractivity contribution >= 4 is 212 Å². The lowest BCUT2D eigenvalue weighted by Gasteiger charge is -2.36. The van der Waals surface area contributed by atoms with Crippen molar-refractivity contribution in [2.45, 2.75) is 163 Å². The lowest BCUT2D eigenvalue weighted by Crippen LogP contribution is -2.43. The molecule has 6 aromatic heterocycles. The number of alkyl halides is 1. The molecule has 2 bridgehead atoms. The summed E-state index contributed by atoms with van der Waals surface area (Å²) in [5.74, 6) is -0.301. The van der Waals surface area contributed by atoms with Crippen molar-refractivity contribution in [1.29, 1.82) is 0 Å². The second kappa shape index (κ2) is 61.1. The van der Waals surface area contributed by atoms with Gasteiger partial charge in [-0.25, -0.2) is 10.3 Å². The van der Waals surface area contributed by atoms with Crippen molar-refractivity contribution < 1.29 is 92.5 Å². The SMILES string of the molecule is C=CCON(C)C1CN([B]C=O)Cc2c1sc(=O)n2CCC.C=CCON1C(=O)N2Cc3c(sc(=O)n3CCO)C1C2.C=CCONC.C=CCONC1CN([B]C=O)Cc2c1sc(=O)n2CCC.CCCn1c2c(sc1=O)C(=O)CN([B]C=O)C2.CCCn1c2c(sc1=O)C(O)CN([B]C=O)C2.O=C[B]N1CC(=O)C2=C(CC(=O)S2)C1.O=C[B]N1CC(=O)c2sc(=O)n(CCO)c2C1.OCCI. The summed E-state index contributed by atoms with van der Waals surface area (Å²) in [6.07, 6.45) is 13.9. The molecule has 6 N–H and O–H groups in total. The highest BCUT2D eigenvalue weighted by molar-refractivity contribution is 14.1. The molecule has 56 heteroatoms. The summed E-state index contributed by atoms with van der Waals surface area (Å²) >= 11 is 9.83. The van der Waals surface area contributed by atoms with Gasteiger partial charge in [0, 0.05) is 135 Å². The van der Waals surface area contributed by atoms with Gasteiger partial charge in [-0.3, -0.25) is 76.4 Å². The maximum atomic E-state index is 12.3. The molecule has 9 aliphatic heterocycles. The molecule has 0 saturated carbocycles. The molecule has 1 fully saturated rings. The van der Waals surface area contributed by atoms with Gasteiger partial charge >= 0.3 is 35.3 Å². The zero-order chi connectivity index (χ0) is 101. The summed E-state index contributed by atoms with van der Waals surface area (Å²) in [7, 11) is 12.0. The first-order valence-electron chi connectivity index (χ1n) is 43.8. The summed E-state index contributed by atoms with van der Waals surface area (Å²) in [4.78, 5) is 231. The minimum Gasteiger partial charge on any atom is -0.396 e. The van der Waals surface area contributed by atoms with Crippen molar-refractivity contribution in [1.82, 2.24) is 82.3 Å². The summed E-state index contributed by atoms with van der Waals surface area (Å²) in [6.45, 7) is 33.1. The number of Topliss-reactive ketones (excluding diaryl/α,β-unsaturated/α-hetero) is 3. The predicted octanol–water partition coefficient (Wildman–Crippen LogP) is 1.19. The van der Waals surface area contributed by atoms with Crippen LogP contribution >= 0.6 is 102 Å². The van der Waals surface area contributed by atoms with Gasteiger partial charge in [0.25, 0.3) is 44.5 Å². The number of aliphatic hydroxyl groups excluding tert-OH is 4. The van der Waals surface area contributed by atoms with Crippen molar-refractivity contribution in [3.63, 3.8) is 0 Å². The fourth-order valence-corrected chi connectivity index (χ4v) is 22.4. The van der Waals surface area contributed by atoms with Crippen LogP contribution in [0.5, 0.6) is 0 Å². The van der Waals surface area contributed by atoms with E-state index in [4.69, 9.17) is 29.8 Å². The number of thioether (sulfide) groups is 1. The number of amides is 2. The number of β-amino-alcohol motifs (C(OH)–C–C–N with tert-alkyl or cyclic N) is 1. The Kier molecular flexibility index (Phi) is 51.8. The van der Waals surface area contributed by atoms with Crippen LogP contribution in [0.15, 0.2) is 89.9 Å². The average Bonchev–Trinajstić information content (AvgIpc) is 1.59. The van der Waals surface area contributed by atoms with Crippen LogP contribution in [-0.4, -0.2) is 319 Å². The standard InChI is InChI=1S/C14H21BN3O3S.C13H19BN3O3S.C12H15N3O4S.C10H14BN2O3S.C10H12BN2O3S.C9H10BN2O4S.C8H7BNO3S.C4H9NO.C2H5IO/c1-4-6-18-12-9-17(15-10-19)8-11(13(12)22-14(18)20)16(3)21-7-5-2;1-3-5-17-11-8-16(14-9-18)7-10(15-20-6-4-2)12(11)21-13(17)19;1-2-5-19-15-9-7-13(11(15)17)6-8-10(9)20-12(18)14(8)3-4-16;2*1-2-3-13-7-4-12(11-6-14)5-8(15)9(7)17-10(13)16;13-2-1-12-6-3-11(10-5-14)4-7(15)8(6)17-9(12)16;11-4-9-10-2-5-1-7(13)14-8(5)6(12)3-10;1-3-4-6-5-2;3-1-2-4/h5,10-11H,2,4,6-9H2,1,3H3;4,9-10,15H,2-3,5-8H2,1H3;2,9,16H,1,3-7H2;6,8,15H,2-5H2,1H3;6H,2-5H2,1H3;5,13H,1-4H2;4H,1-3H2;3,5H,1,4H2,2H3;4H,1-2H2. The summed E-state index contributed by atoms with van der Waals surface area (Å²) in [5.41, 5.74) is 11.3. The number of hydrogen-bond donors (Lipinski definition) is 6. The van der Waals surface area contributed by atoms with Crippen LogP contribution in [0.25, 0.3) is 0 Å². The van der Waals surface area contributed by atoms with Gasteiger partial charge in [0.2, 0.25) is 0 Å². The predicted molar refractivity (Wildman–Crippen MR) is 545 cm³/mol. The highest BCUT2D eigenvalue weighted by Crippen LogP contribution is 2.41. The number of ketones is 3. The molecule has 4 atom stereocenters. The third-order valence-electron chi connectivity index (χ3n) is 21.0. The van der Waals surface area contributed by atoms with Crippen LogP contribution in [0.1, 0.15) is 157 Å². The minimum atomic E-state index is -0.675. The van der Waals surface area contributed by atoms with Gasteiger partial charge < -0.3 is 101 Å². The fraction of sp³-hybridized carbons (Fsp3) is 0.524. The number of aromatic nitrogens is 6. The maximum Gasteiger partial charge on any atom is 0.345 e. The summed E-state index contributed by atoms with van der Waals surface area (Å²) in [5, 5.41) is 38.8. The molecule has 42 nitrogen and oxygen atoms in total. The van der Waals surface area contributed by atoms with E-state index < -0.39 is 6.10 Å². The first kappa shape index (κ1) is 117. The Hall–Kier alpha value is -7.96. The fourth-order valence-electron chi connectivity index (χ4n) is 15.3. The van der Waals surface area contributed by atoms with E-state index in [1.807, 2.05) is 48.9 Å². The molecule has 2 amide bonds. The number of halogens is 1. The normalized spacial score (nSPS) is 17.8. The maximum absolute atomic E-state index is 12.3. The van der Waals surface area contributed by atoms with Gasteiger partial charge in [-0.2, -0.15) is 15.6 Å². The Bertz CT molecular complexity index is 5480. The molecule has 138 heavy (non-hydrogen) atoms. The van der Waals surface area contributed by atoms with E-state index in [2.05, 4.69) is 64.7 Å². The van der Waals surface area contributed by atoms with Crippen molar-refractivity contribution in [2.24, 2.45) is 0 Å². The zero-order valence-electron chi connectivity index (χ0n) is 77.5. The molecule has 6 radical (unpaired) electrons. The van der Waals surface area contributed by atoms with Crippen LogP contribution in [0.3, 0.4) is 0 Å². The third kappa shape index (κ3) is 32.3. The number of fused-ring (bicyclic) bond motifs is 9. The second-order valence-electron chi connectivity index (χ2n) is 30.7. The molecular weight excluding hydrogens is 2040 g/mol. The first-order chi connectivity index (χ1) is 66.5. The Morgan fingerprint density at radius 1 is 0.442 bits per heavy atom. The third-order valence-corrected chi connectivity index (χ3v) is 29.2. The number of carbonyl (C=O) groups is 11. The molecule has 4 unspecified atom stereocenters. The number of hydrogen-bond acceptors (Lipinski definition) is 41. The quantitative estimate of drug-likeness (QED) is 0.00600. The van der Waals surface area contributed by atoms with E-state index in [0.29, 0.717) is 176 Å². The molecule has 15 rings (SSSR count). The lowest BCUT2D eigenvalue weighted by atomic mass is 9.90. The van der Waals surface area contributed by atoms with Gasteiger partial charge in [-0.15, -0.1) is 26.3 Å². The summed E-state index contributed by atoms with van der Waals surface area (Å²) < 4.78 is 10.7. The highest BCUT2D eigenvalue weighted by Gasteiger charge is 2.47. The van der Waals surface area contributed by atoms with Crippen LogP contribution in [-0.2, 0) is 136 Å². The van der Waals surface area contributed by atoms with E-state index in [1.165, 1.54) is 76.8 Å². The molecule has 0 aromatic carbocycles. The number of thiazole rings is 6. The molecule has 9 aliphatic rings. The van der Waals surface area contributed by atoms with E-state index >= 15 is 0 Å². The van der Waals surface area contributed by atoms with Crippen molar-refractivity contribution in [2.75, 3.05) is 117 Å². The molecule has 0 aliphatic carbocycles. The van der Waals surface area contributed by atoms with Gasteiger partial charge in [0.1, 0.15) is 12.1 Å². The van der Waals surface area contributed by atoms with Crippen LogP contribution < -0.4 is 40.2 Å². The molecule has 15 heterocycles. The average molecular weight is 2150 g/mol. The van der Waals surface area contributed by atoms with E-state index in [-0.39, 0.29) is 128 Å². The van der Waals surface area contributed by atoms with Gasteiger partial charge in [0.05, 0.1) is 185 Å². The molecule has 6 aromatic rings. The zero-order valence-corrected chi connectivity index (χ0v) is 85.4. The number of likely N-dealkylation sites (N-methyl/N-ethyl adjacent to an activating group) is 1. The molecule has 742 valence electrons. The first-order valence-corrected chi connectivity index (χ1v) is 51.0. The second-order valence-corrected chi connectivity index (χ2v) is 38.7. The molecule has 1 saturated heterocycles. The number of hydroxylamine groups is 6. The van der Waals surface area contributed by atoms with Crippen LogP contribution in [0.2, 0.25) is 0 Å². The van der Waals surface area contributed by atoms with Gasteiger partial charge in [0.15, 0.2) is 22.5 Å². The topological polar surface area (TPSA) is 491 Å². The smallest absolute Gasteiger partial charge is 0.345 e. The minimum absolute atomic E-state index is 0.0242. The Morgan fingerprint density at radius 3 is 1.28 bits per heavy atom. The number of nitrogens with one attached hydrogen (secondary N) is 2. The number of aliphatic hydroxyl groups is 4. The number of carbonyl (C=O) groups excluding carboxylic acids is 11. The van der Waals surface area contributed by atoms with Gasteiger partial charge in [-0.05, 0) is 43.0 Å².